The number of pyridine rings is 1. The molecule has 0 atom stereocenters. The summed E-state index contributed by atoms with van der Waals surface area (Å²) in [5.41, 5.74) is 0.394. The monoisotopic (exact) mass is 751 g/mol. The standard InChI is InChI=1S/C37H49N7O10/c1-36(2,3)53-34(47)42-17-15-41(16-18-43(20-19-42)35(48)54-37(4,5)6)24-28-22-27(31-8-7-21-51-31)23-30(40-28)32(45)38-13-14-39-33(46)52-25-26-9-11-29(12-10-26)44(49)50/h7-12,21-23H,13-20,24-25H2,1-6H3,(H,38,45)(H,39,46). The average Bonchev–Trinajstić information content (AvgIpc) is 3.66. The molecule has 0 saturated carbocycles. The van der Waals surface area contributed by atoms with E-state index >= 15 is 0 Å². The van der Waals surface area contributed by atoms with E-state index in [1.807, 2.05) is 11.0 Å². The van der Waals surface area contributed by atoms with Crippen molar-refractivity contribution in [1.29, 1.82) is 0 Å². The summed E-state index contributed by atoms with van der Waals surface area (Å²) in [7, 11) is 0. The van der Waals surface area contributed by atoms with Crippen molar-refractivity contribution in [3.8, 4) is 11.3 Å². The SMILES string of the molecule is CC(C)(C)OC(=O)N1CCN(Cc2cc(-c3ccco3)cc(C(=O)NCCNC(=O)OCc3ccc([N+](=O)[O-])cc3)n2)CCN(C(=O)OC(C)(C)C)CC1. The van der Waals surface area contributed by atoms with E-state index in [0.717, 1.165) is 0 Å². The topological polar surface area (TPSA) is 199 Å². The molecule has 0 spiro atoms. The lowest BCUT2D eigenvalue weighted by molar-refractivity contribution is -0.384. The number of rotatable bonds is 10. The van der Waals surface area contributed by atoms with Gasteiger partial charge in [-0.3, -0.25) is 19.8 Å². The fourth-order valence-corrected chi connectivity index (χ4v) is 5.22. The number of nitro benzene ring substituents is 1. The van der Waals surface area contributed by atoms with E-state index in [0.29, 0.717) is 48.8 Å². The van der Waals surface area contributed by atoms with Crippen molar-refractivity contribution >= 4 is 29.9 Å². The first-order valence-corrected chi connectivity index (χ1v) is 17.6. The third-order valence-corrected chi connectivity index (χ3v) is 7.81. The van der Waals surface area contributed by atoms with Gasteiger partial charge in [0, 0.05) is 76.6 Å². The van der Waals surface area contributed by atoms with Crippen molar-refractivity contribution in [2.24, 2.45) is 0 Å². The fraction of sp³-hybridized carbons (Fsp3) is 0.486. The zero-order valence-electron chi connectivity index (χ0n) is 31.6. The first-order chi connectivity index (χ1) is 25.5. The van der Waals surface area contributed by atoms with E-state index in [1.54, 1.807) is 69.5 Å². The minimum absolute atomic E-state index is 0.0612. The summed E-state index contributed by atoms with van der Waals surface area (Å²) >= 11 is 0. The van der Waals surface area contributed by atoms with Gasteiger partial charge in [-0.05, 0) is 83.5 Å². The van der Waals surface area contributed by atoms with Gasteiger partial charge in [0.15, 0.2) is 0 Å². The second-order valence-corrected chi connectivity index (χ2v) is 14.6. The molecule has 2 aromatic heterocycles. The molecule has 54 heavy (non-hydrogen) atoms. The summed E-state index contributed by atoms with van der Waals surface area (Å²) in [4.78, 5) is 72.0. The van der Waals surface area contributed by atoms with Crippen molar-refractivity contribution in [2.75, 3.05) is 52.4 Å². The van der Waals surface area contributed by atoms with E-state index in [-0.39, 0.29) is 50.7 Å². The number of ether oxygens (including phenoxy) is 3. The number of alkyl carbamates (subject to hydrolysis) is 1. The Bertz CT molecular complexity index is 1710. The number of hydrogen-bond donors (Lipinski definition) is 2. The predicted molar refractivity (Wildman–Crippen MR) is 196 cm³/mol. The van der Waals surface area contributed by atoms with Crippen LogP contribution in [0.25, 0.3) is 11.3 Å². The lowest BCUT2D eigenvalue weighted by Gasteiger charge is -2.30. The molecule has 1 aliphatic rings. The summed E-state index contributed by atoms with van der Waals surface area (Å²) < 4.78 is 22.1. The molecule has 292 valence electrons. The van der Waals surface area contributed by atoms with Gasteiger partial charge in [0.1, 0.15) is 29.3 Å². The van der Waals surface area contributed by atoms with E-state index in [2.05, 4.69) is 15.6 Å². The van der Waals surface area contributed by atoms with Crippen LogP contribution in [0.4, 0.5) is 20.1 Å². The Morgan fingerprint density at radius 1 is 0.833 bits per heavy atom. The third-order valence-electron chi connectivity index (χ3n) is 7.81. The first-order valence-electron chi connectivity index (χ1n) is 17.6. The largest absolute Gasteiger partial charge is 0.464 e. The Labute approximate surface area is 314 Å². The number of non-ortho nitro benzene ring substituents is 1. The first kappa shape index (κ1) is 41.1. The van der Waals surface area contributed by atoms with Gasteiger partial charge in [0.05, 0.1) is 16.9 Å². The van der Waals surface area contributed by atoms with Crippen LogP contribution >= 0.6 is 0 Å². The van der Waals surface area contributed by atoms with Gasteiger partial charge in [0.25, 0.3) is 11.6 Å². The van der Waals surface area contributed by atoms with Gasteiger partial charge in [-0.1, -0.05) is 0 Å². The van der Waals surface area contributed by atoms with Crippen LogP contribution in [0.1, 0.15) is 63.3 Å². The summed E-state index contributed by atoms with van der Waals surface area (Å²) in [6, 6.07) is 12.6. The van der Waals surface area contributed by atoms with Crippen molar-refractivity contribution in [3.63, 3.8) is 0 Å². The molecule has 0 unspecified atom stereocenters. The zero-order valence-corrected chi connectivity index (χ0v) is 31.6. The Balaban J connectivity index is 1.43. The minimum Gasteiger partial charge on any atom is -0.464 e. The fourth-order valence-electron chi connectivity index (χ4n) is 5.22. The molecule has 17 heteroatoms. The lowest BCUT2D eigenvalue weighted by Crippen LogP contribution is -2.44. The second kappa shape index (κ2) is 18.4. The van der Waals surface area contributed by atoms with Gasteiger partial charge in [-0.2, -0.15) is 0 Å². The number of nitrogens with one attached hydrogen (secondary N) is 2. The highest BCUT2D eigenvalue weighted by Crippen LogP contribution is 2.23. The van der Waals surface area contributed by atoms with Crippen LogP contribution in [-0.2, 0) is 27.4 Å². The summed E-state index contributed by atoms with van der Waals surface area (Å²) in [6.07, 6.45) is -0.169. The number of furan rings is 1. The highest BCUT2D eigenvalue weighted by molar-refractivity contribution is 5.93. The van der Waals surface area contributed by atoms with E-state index in [1.165, 1.54) is 30.5 Å². The number of carbonyl (C=O) groups excluding carboxylic acids is 4. The highest BCUT2D eigenvalue weighted by Gasteiger charge is 2.28. The molecular weight excluding hydrogens is 702 g/mol. The number of aromatic nitrogens is 1. The molecule has 1 aromatic carbocycles. The molecule has 4 rings (SSSR count). The van der Waals surface area contributed by atoms with Crippen LogP contribution in [0.5, 0.6) is 0 Å². The van der Waals surface area contributed by atoms with Crippen molar-refractivity contribution in [2.45, 2.75) is 65.9 Å². The Hall–Kier alpha value is -5.71. The molecule has 17 nitrogen and oxygen atoms in total. The highest BCUT2D eigenvalue weighted by atomic mass is 16.6. The Morgan fingerprint density at radius 3 is 1.94 bits per heavy atom. The Kier molecular flexibility index (Phi) is 14.0. The number of amides is 4. The van der Waals surface area contributed by atoms with Gasteiger partial charge in [0.2, 0.25) is 0 Å². The normalized spacial score (nSPS) is 14.3. The van der Waals surface area contributed by atoms with E-state index < -0.39 is 40.3 Å². The molecule has 4 amide bonds. The predicted octanol–water partition coefficient (Wildman–Crippen LogP) is 5.20. The average molecular weight is 752 g/mol. The van der Waals surface area contributed by atoms with Crippen molar-refractivity contribution < 1.29 is 42.7 Å². The molecule has 1 fully saturated rings. The van der Waals surface area contributed by atoms with Gasteiger partial charge < -0.3 is 39.1 Å². The summed E-state index contributed by atoms with van der Waals surface area (Å²) in [6.45, 7) is 13.1. The van der Waals surface area contributed by atoms with Crippen LogP contribution < -0.4 is 10.6 Å². The smallest absolute Gasteiger partial charge is 0.410 e. The quantitative estimate of drug-likeness (QED) is 0.119. The molecule has 1 aliphatic heterocycles. The number of nitrogens with zero attached hydrogens (tertiary/aromatic N) is 5. The van der Waals surface area contributed by atoms with Gasteiger partial charge in [-0.15, -0.1) is 0 Å². The molecule has 3 aromatic rings. The molecule has 0 radical (unpaired) electrons. The van der Waals surface area contributed by atoms with E-state index in [4.69, 9.17) is 18.6 Å². The van der Waals surface area contributed by atoms with Gasteiger partial charge in [-0.25, -0.2) is 19.4 Å². The van der Waals surface area contributed by atoms with Crippen LogP contribution in [0, 0.1) is 10.1 Å². The molecule has 0 bridgehead atoms. The number of benzene rings is 1. The maximum absolute atomic E-state index is 13.3. The molecule has 3 heterocycles. The molecule has 2 N–H and O–H groups in total. The third kappa shape index (κ3) is 13.4. The van der Waals surface area contributed by atoms with Crippen molar-refractivity contribution in [1.82, 2.24) is 30.3 Å². The van der Waals surface area contributed by atoms with Crippen molar-refractivity contribution in [3.05, 3.63) is 81.9 Å². The maximum Gasteiger partial charge on any atom is 0.410 e. The Morgan fingerprint density at radius 2 is 1.41 bits per heavy atom. The maximum atomic E-state index is 13.3. The minimum atomic E-state index is -0.720. The van der Waals surface area contributed by atoms with E-state index in [9.17, 15) is 29.3 Å². The number of nitro groups is 1. The number of hydrogen-bond acceptors (Lipinski definition) is 12. The van der Waals surface area contributed by atoms with Crippen LogP contribution in [0.2, 0.25) is 0 Å². The lowest BCUT2D eigenvalue weighted by atomic mass is 10.1. The van der Waals surface area contributed by atoms with Crippen LogP contribution in [-0.4, -0.2) is 112 Å². The second-order valence-electron chi connectivity index (χ2n) is 14.6. The zero-order chi connectivity index (χ0) is 39.5. The molecule has 1 saturated heterocycles. The summed E-state index contributed by atoms with van der Waals surface area (Å²) in [5, 5.41) is 16.1. The number of carbonyl (C=O) groups is 4. The molecular formula is C37H49N7O10. The molecule has 0 aliphatic carbocycles. The van der Waals surface area contributed by atoms with Gasteiger partial charge >= 0.3 is 18.3 Å². The van der Waals surface area contributed by atoms with Crippen LogP contribution in [0.3, 0.4) is 0 Å². The summed E-state index contributed by atoms with van der Waals surface area (Å²) in [5.74, 6) is 0.0455. The van der Waals surface area contributed by atoms with Crippen LogP contribution in [0.15, 0.2) is 59.2 Å².